The second-order valence-corrected chi connectivity index (χ2v) is 5.43. The first-order valence-corrected chi connectivity index (χ1v) is 6.54. The SMILES string of the molecule is CN(CC1(O)CCCC1)c1ccc(N)cc1C(N)=O. The van der Waals surface area contributed by atoms with Gasteiger partial charge in [-0.1, -0.05) is 12.8 Å². The molecule has 1 amide bonds. The minimum atomic E-state index is -0.662. The van der Waals surface area contributed by atoms with Crippen LogP contribution in [-0.4, -0.2) is 30.2 Å². The molecule has 0 saturated heterocycles. The highest BCUT2D eigenvalue weighted by atomic mass is 16.3. The second-order valence-electron chi connectivity index (χ2n) is 5.43. The number of nitrogens with zero attached hydrogens (tertiary/aromatic N) is 1. The summed E-state index contributed by atoms with van der Waals surface area (Å²) in [4.78, 5) is 13.4. The summed E-state index contributed by atoms with van der Waals surface area (Å²) in [5.74, 6) is -0.507. The average Bonchev–Trinajstić information content (AvgIpc) is 2.75. The smallest absolute Gasteiger partial charge is 0.250 e. The Morgan fingerprint density at radius 3 is 2.63 bits per heavy atom. The molecule has 0 unspecified atom stereocenters. The van der Waals surface area contributed by atoms with Crippen molar-refractivity contribution in [2.24, 2.45) is 5.73 Å². The van der Waals surface area contributed by atoms with E-state index in [1.807, 2.05) is 11.9 Å². The van der Waals surface area contributed by atoms with Gasteiger partial charge in [0, 0.05) is 25.0 Å². The summed E-state index contributed by atoms with van der Waals surface area (Å²) in [6.45, 7) is 0.497. The third-order valence-electron chi connectivity index (χ3n) is 3.76. The zero-order chi connectivity index (χ0) is 14.0. The van der Waals surface area contributed by atoms with Crippen LogP contribution < -0.4 is 16.4 Å². The molecule has 0 aromatic heterocycles. The number of amides is 1. The summed E-state index contributed by atoms with van der Waals surface area (Å²) in [5.41, 5.74) is 12.0. The molecule has 1 aromatic carbocycles. The van der Waals surface area contributed by atoms with Crippen LogP contribution in [0.3, 0.4) is 0 Å². The van der Waals surface area contributed by atoms with Crippen LogP contribution in [0.1, 0.15) is 36.0 Å². The Kier molecular flexibility index (Phi) is 3.66. The van der Waals surface area contributed by atoms with E-state index in [-0.39, 0.29) is 0 Å². The molecule has 5 N–H and O–H groups in total. The molecule has 0 spiro atoms. The van der Waals surface area contributed by atoms with Gasteiger partial charge in [0.25, 0.3) is 5.91 Å². The molecule has 0 heterocycles. The van der Waals surface area contributed by atoms with E-state index in [9.17, 15) is 9.90 Å². The number of carbonyl (C=O) groups excluding carboxylic acids is 1. The third-order valence-corrected chi connectivity index (χ3v) is 3.76. The van der Waals surface area contributed by atoms with Gasteiger partial charge in [0.05, 0.1) is 11.2 Å². The molecule has 5 nitrogen and oxygen atoms in total. The number of primary amides is 1. The Morgan fingerprint density at radius 2 is 2.05 bits per heavy atom. The van der Waals surface area contributed by atoms with E-state index in [2.05, 4.69) is 0 Å². The third kappa shape index (κ3) is 2.98. The molecule has 0 atom stereocenters. The van der Waals surface area contributed by atoms with Gasteiger partial charge in [0.1, 0.15) is 0 Å². The van der Waals surface area contributed by atoms with Crippen molar-refractivity contribution < 1.29 is 9.90 Å². The number of hydrogen-bond acceptors (Lipinski definition) is 4. The minimum absolute atomic E-state index is 0.393. The van der Waals surface area contributed by atoms with Gasteiger partial charge < -0.3 is 21.5 Å². The Balaban J connectivity index is 2.23. The van der Waals surface area contributed by atoms with Crippen LogP contribution in [0, 0.1) is 0 Å². The van der Waals surface area contributed by atoms with Crippen molar-refractivity contribution in [1.82, 2.24) is 0 Å². The van der Waals surface area contributed by atoms with E-state index in [4.69, 9.17) is 11.5 Å². The van der Waals surface area contributed by atoms with Crippen molar-refractivity contribution in [3.63, 3.8) is 0 Å². The van der Waals surface area contributed by atoms with Gasteiger partial charge in [-0.2, -0.15) is 0 Å². The molecule has 2 rings (SSSR count). The quantitative estimate of drug-likeness (QED) is 0.709. The van der Waals surface area contributed by atoms with Crippen LogP contribution in [0.25, 0.3) is 0 Å². The lowest BCUT2D eigenvalue weighted by Crippen LogP contribution is -2.40. The summed E-state index contributed by atoms with van der Waals surface area (Å²) in [6, 6.07) is 5.08. The van der Waals surface area contributed by atoms with Crippen molar-refractivity contribution in [3.8, 4) is 0 Å². The van der Waals surface area contributed by atoms with Gasteiger partial charge in [-0.3, -0.25) is 4.79 Å². The summed E-state index contributed by atoms with van der Waals surface area (Å²) < 4.78 is 0. The predicted octanol–water partition coefficient (Wildman–Crippen LogP) is 1.11. The molecule has 1 fully saturated rings. The Labute approximate surface area is 113 Å². The lowest BCUT2D eigenvalue weighted by atomic mass is 10.0. The highest BCUT2D eigenvalue weighted by Crippen LogP contribution is 2.32. The number of rotatable bonds is 4. The number of nitrogens with two attached hydrogens (primary N) is 2. The topological polar surface area (TPSA) is 92.6 Å². The Hall–Kier alpha value is -1.75. The van der Waals surface area contributed by atoms with Crippen molar-refractivity contribution in [2.75, 3.05) is 24.2 Å². The normalized spacial score (nSPS) is 17.4. The first-order chi connectivity index (χ1) is 8.91. The number of nitrogen functional groups attached to an aromatic ring is 1. The standard InChI is InChI=1S/C14H21N3O2/c1-17(9-14(19)6-2-3-7-14)12-5-4-10(15)8-11(12)13(16)18/h4-5,8,19H,2-3,6-7,9,15H2,1H3,(H2,16,18). The molecule has 0 aliphatic heterocycles. The van der Waals surface area contributed by atoms with Crippen LogP contribution >= 0.6 is 0 Å². The molecule has 1 aromatic rings. The largest absolute Gasteiger partial charge is 0.399 e. The summed E-state index contributed by atoms with van der Waals surface area (Å²) in [5, 5.41) is 10.4. The van der Waals surface area contributed by atoms with Gasteiger partial charge in [-0.05, 0) is 31.0 Å². The van der Waals surface area contributed by atoms with Crippen molar-refractivity contribution in [1.29, 1.82) is 0 Å². The maximum Gasteiger partial charge on any atom is 0.250 e. The molecule has 1 saturated carbocycles. The van der Waals surface area contributed by atoms with Gasteiger partial charge in [-0.25, -0.2) is 0 Å². The summed E-state index contributed by atoms with van der Waals surface area (Å²) in [6.07, 6.45) is 3.71. The Bertz CT molecular complexity index is 482. The van der Waals surface area contributed by atoms with Crippen LogP contribution in [-0.2, 0) is 0 Å². The highest BCUT2D eigenvalue weighted by molar-refractivity contribution is 5.99. The number of hydrogen-bond donors (Lipinski definition) is 3. The maximum absolute atomic E-state index is 11.5. The molecule has 0 radical (unpaired) electrons. The molecular formula is C14H21N3O2. The van der Waals surface area contributed by atoms with Crippen LogP contribution in [0.2, 0.25) is 0 Å². The van der Waals surface area contributed by atoms with E-state index in [0.717, 1.165) is 25.7 Å². The van der Waals surface area contributed by atoms with Crippen LogP contribution in [0.4, 0.5) is 11.4 Å². The van der Waals surface area contributed by atoms with Gasteiger partial charge >= 0.3 is 0 Å². The molecule has 19 heavy (non-hydrogen) atoms. The van der Waals surface area contributed by atoms with E-state index < -0.39 is 11.5 Å². The highest BCUT2D eigenvalue weighted by Gasteiger charge is 2.32. The molecule has 5 heteroatoms. The van der Waals surface area contributed by atoms with Crippen molar-refractivity contribution >= 4 is 17.3 Å². The maximum atomic E-state index is 11.5. The molecule has 104 valence electrons. The lowest BCUT2D eigenvalue weighted by Gasteiger charge is -2.31. The first-order valence-electron chi connectivity index (χ1n) is 6.54. The minimum Gasteiger partial charge on any atom is -0.399 e. The molecule has 1 aliphatic rings. The lowest BCUT2D eigenvalue weighted by molar-refractivity contribution is 0.0558. The number of anilines is 2. The number of benzene rings is 1. The van der Waals surface area contributed by atoms with Crippen molar-refractivity contribution in [2.45, 2.75) is 31.3 Å². The zero-order valence-electron chi connectivity index (χ0n) is 11.2. The van der Waals surface area contributed by atoms with Gasteiger partial charge in [-0.15, -0.1) is 0 Å². The van der Waals surface area contributed by atoms with E-state index >= 15 is 0 Å². The van der Waals surface area contributed by atoms with Crippen LogP contribution in [0.15, 0.2) is 18.2 Å². The fraction of sp³-hybridized carbons (Fsp3) is 0.500. The monoisotopic (exact) mass is 263 g/mol. The molecule has 0 bridgehead atoms. The fourth-order valence-electron chi connectivity index (χ4n) is 2.80. The van der Waals surface area contributed by atoms with Crippen LogP contribution in [0.5, 0.6) is 0 Å². The second kappa shape index (κ2) is 5.09. The summed E-state index contributed by atoms with van der Waals surface area (Å²) in [7, 11) is 1.86. The first kappa shape index (κ1) is 13.7. The molecular weight excluding hydrogens is 242 g/mol. The van der Waals surface area contributed by atoms with Crippen molar-refractivity contribution in [3.05, 3.63) is 23.8 Å². The van der Waals surface area contributed by atoms with Gasteiger partial charge in [0.15, 0.2) is 0 Å². The molecule has 1 aliphatic carbocycles. The van der Waals surface area contributed by atoms with Gasteiger partial charge in [0.2, 0.25) is 0 Å². The van der Waals surface area contributed by atoms with E-state index in [1.54, 1.807) is 18.2 Å². The number of likely N-dealkylation sites (N-methyl/N-ethyl adjacent to an activating group) is 1. The number of aliphatic hydroxyl groups is 1. The summed E-state index contributed by atoms with van der Waals surface area (Å²) >= 11 is 0. The fourth-order valence-corrected chi connectivity index (χ4v) is 2.80. The zero-order valence-corrected chi connectivity index (χ0v) is 11.2. The average molecular weight is 263 g/mol. The predicted molar refractivity (Wildman–Crippen MR) is 76.1 cm³/mol. The Morgan fingerprint density at radius 1 is 1.42 bits per heavy atom. The van der Waals surface area contributed by atoms with E-state index in [1.165, 1.54) is 0 Å². The number of carbonyl (C=O) groups is 1. The van der Waals surface area contributed by atoms with E-state index in [0.29, 0.717) is 23.5 Å².